The number of unbranched alkanes of at least 4 members (excludes halogenated alkanes) is 1. The maximum Gasteiger partial charge on any atom is 0.123 e. The lowest BCUT2D eigenvalue weighted by Gasteiger charge is -2.39. The van der Waals surface area contributed by atoms with Crippen molar-refractivity contribution in [3.8, 4) is 0 Å². The summed E-state index contributed by atoms with van der Waals surface area (Å²) in [5.41, 5.74) is 3.14. The lowest BCUT2D eigenvalue weighted by atomic mass is 9.89. The molecule has 5 heteroatoms. The molecule has 138 valence electrons. The van der Waals surface area contributed by atoms with Gasteiger partial charge in [-0.25, -0.2) is 8.78 Å². The highest BCUT2D eigenvalue weighted by molar-refractivity contribution is 9.09. The van der Waals surface area contributed by atoms with Gasteiger partial charge in [-0.15, -0.1) is 0 Å². The summed E-state index contributed by atoms with van der Waals surface area (Å²) in [6, 6.07) is 12.1. The molecule has 0 N–H and O–H groups in total. The van der Waals surface area contributed by atoms with E-state index >= 15 is 0 Å². The van der Waals surface area contributed by atoms with E-state index in [1.165, 1.54) is 31.0 Å². The molecule has 0 saturated carbocycles. The van der Waals surface area contributed by atoms with Gasteiger partial charge in [0.25, 0.3) is 0 Å². The van der Waals surface area contributed by atoms with E-state index < -0.39 is 0 Å². The molecule has 2 aromatic carbocycles. The van der Waals surface area contributed by atoms with Crippen molar-refractivity contribution in [2.45, 2.75) is 31.2 Å². The molecule has 1 fully saturated rings. The van der Waals surface area contributed by atoms with E-state index in [1.807, 2.05) is 18.2 Å². The largest absolute Gasteiger partial charge is 0.337 e. The van der Waals surface area contributed by atoms with Gasteiger partial charge in [-0.1, -0.05) is 15.9 Å². The Morgan fingerprint density at radius 2 is 1.77 bits per heavy atom. The fraction of sp³-hybridized carbons (Fsp3) is 0.429. The Balaban J connectivity index is 1.64. The van der Waals surface area contributed by atoms with E-state index in [0.29, 0.717) is 12.0 Å². The van der Waals surface area contributed by atoms with Crippen LogP contribution >= 0.6 is 15.9 Å². The van der Waals surface area contributed by atoms with Gasteiger partial charge >= 0.3 is 0 Å². The Bertz CT molecular complexity index is 765. The summed E-state index contributed by atoms with van der Waals surface area (Å²) < 4.78 is 27.3. The monoisotopic (exact) mass is 420 g/mol. The molecule has 0 aromatic heterocycles. The SMILES string of the molecule is Fc1ccc(N2c3ccc(F)cc3C3CN(CCCCBr)CCC32)cc1. The van der Waals surface area contributed by atoms with Crippen molar-refractivity contribution in [2.24, 2.45) is 0 Å². The Morgan fingerprint density at radius 1 is 1.00 bits per heavy atom. The first kappa shape index (κ1) is 17.9. The van der Waals surface area contributed by atoms with Gasteiger partial charge < -0.3 is 9.80 Å². The number of anilines is 2. The molecular weight excluding hydrogens is 398 g/mol. The molecule has 2 aliphatic heterocycles. The lowest BCUT2D eigenvalue weighted by molar-refractivity contribution is 0.194. The molecule has 2 atom stereocenters. The molecule has 0 radical (unpaired) electrons. The van der Waals surface area contributed by atoms with Crippen molar-refractivity contribution in [1.82, 2.24) is 4.90 Å². The first-order valence-corrected chi connectivity index (χ1v) is 10.4. The maximum absolute atomic E-state index is 14.0. The van der Waals surface area contributed by atoms with Crippen molar-refractivity contribution >= 4 is 27.3 Å². The summed E-state index contributed by atoms with van der Waals surface area (Å²) >= 11 is 3.49. The number of piperidine rings is 1. The zero-order valence-electron chi connectivity index (χ0n) is 14.7. The molecular formula is C21H23BrF2N2. The Labute approximate surface area is 161 Å². The van der Waals surface area contributed by atoms with Crippen molar-refractivity contribution in [2.75, 3.05) is 29.9 Å². The van der Waals surface area contributed by atoms with Crippen LogP contribution in [0.3, 0.4) is 0 Å². The lowest BCUT2D eigenvalue weighted by Crippen LogP contribution is -2.45. The van der Waals surface area contributed by atoms with Gasteiger partial charge in [-0.2, -0.15) is 0 Å². The Hall–Kier alpha value is -1.46. The van der Waals surface area contributed by atoms with E-state index in [4.69, 9.17) is 0 Å². The standard InChI is InChI=1S/C21H23BrF2N2/c22-10-1-2-11-25-12-9-21-19(14-25)18-13-16(24)5-8-20(18)26(21)17-6-3-15(23)4-7-17/h3-8,13,19,21H,1-2,9-12,14H2. The van der Waals surface area contributed by atoms with Gasteiger partial charge in [0.05, 0.1) is 0 Å². The van der Waals surface area contributed by atoms with Crippen LogP contribution in [0, 0.1) is 11.6 Å². The van der Waals surface area contributed by atoms with Gasteiger partial charge in [-0.3, -0.25) is 0 Å². The second kappa shape index (κ2) is 7.65. The van der Waals surface area contributed by atoms with Gasteiger partial charge in [0, 0.05) is 41.8 Å². The first-order valence-electron chi connectivity index (χ1n) is 9.30. The highest BCUT2D eigenvalue weighted by Gasteiger charge is 2.42. The van der Waals surface area contributed by atoms with Crippen LogP contribution in [0.1, 0.15) is 30.7 Å². The smallest absolute Gasteiger partial charge is 0.123 e. The number of nitrogens with zero attached hydrogens (tertiary/aromatic N) is 2. The summed E-state index contributed by atoms with van der Waals surface area (Å²) in [7, 11) is 0. The molecule has 2 heterocycles. The molecule has 4 rings (SSSR count). The summed E-state index contributed by atoms with van der Waals surface area (Å²) in [6.07, 6.45) is 3.39. The fourth-order valence-electron chi connectivity index (χ4n) is 4.41. The van der Waals surface area contributed by atoms with E-state index in [9.17, 15) is 8.78 Å². The van der Waals surface area contributed by atoms with Crippen LogP contribution in [-0.4, -0.2) is 35.9 Å². The minimum absolute atomic E-state index is 0.181. The molecule has 0 aliphatic carbocycles. The van der Waals surface area contributed by atoms with Crippen LogP contribution in [0.5, 0.6) is 0 Å². The number of fused-ring (bicyclic) bond motifs is 3. The summed E-state index contributed by atoms with van der Waals surface area (Å²) in [4.78, 5) is 4.79. The quantitative estimate of drug-likeness (QED) is 0.468. The maximum atomic E-state index is 14.0. The zero-order chi connectivity index (χ0) is 18.1. The van der Waals surface area contributed by atoms with Crippen LogP contribution in [0.2, 0.25) is 0 Å². The highest BCUT2D eigenvalue weighted by Crippen LogP contribution is 2.48. The summed E-state index contributed by atoms with van der Waals surface area (Å²) in [5.74, 6) is -0.117. The second-order valence-corrected chi connectivity index (χ2v) is 8.00. The average molecular weight is 421 g/mol. The molecule has 2 nitrogen and oxygen atoms in total. The van der Waals surface area contributed by atoms with Crippen molar-refractivity contribution in [1.29, 1.82) is 0 Å². The summed E-state index contributed by atoms with van der Waals surface area (Å²) in [6.45, 7) is 3.11. The van der Waals surface area contributed by atoms with Crippen LogP contribution < -0.4 is 4.90 Å². The molecule has 1 saturated heterocycles. The minimum atomic E-state index is -0.231. The Morgan fingerprint density at radius 3 is 2.54 bits per heavy atom. The number of likely N-dealkylation sites (tertiary alicyclic amines) is 1. The Kier molecular flexibility index (Phi) is 5.28. The van der Waals surface area contributed by atoms with E-state index in [-0.39, 0.29) is 11.6 Å². The normalized spacial score (nSPS) is 22.3. The molecule has 0 spiro atoms. The van der Waals surface area contributed by atoms with E-state index in [2.05, 4.69) is 25.7 Å². The second-order valence-electron chi connectivity index (χ2n) is 7.21. The molecule has 2 aliphatic rings. The van der Waals surface area contributed by atoms with Gasteiger partial charge in [0.2, 0.25) is 0 Å². The molecule has 0 amide bonds. The first-order chi connectivity index (χ1) is 12.7. The zero-order valence-corrected chi connectivity index (χ0v) is 16.3. The third-order valence-corrected chi connectivity index (χ3v) is 6.16. The molecule has 26 heavy (non-hydrogen) atoms. The number of hydrogen-bond acceptors (Lipinski definition) is 2. The van der Waals surface area contributed by atoms with E-state index in [1.54, 1.807) is 6.07 Å². The highest BCUT2D eigenvalue weighted by atomic mass is 79.9. The van der Waals surface area contributed by atoms with Crippen molar-refractivity contribution < 1.29 is 8.78 Å². The number of rotatable bonds is 5. The van der Waals surface area contributed by atoms with Crippen LogP contribution in [0.15, 0.2) is 42.5 Å². The van der Waals surface area contributed by atoms with Crippen molar-refractivity contribution in [3.05, 3.63) is 59.7 Å². The predicted octanol–water partition coefficient (Wildman–Crippen LogP) is 5.45. The third kappa shape index (κ3) is 3.39. The molecule has 2 unspecified atom stereocenters. The molecule has 2 aromatic rings. The van der Waals surface area contributed by atoms with Gasteiger partial charge in [0.15, 0.2) is 0 Å². The van der Waals surface area contributed by atoms with Crippen molar-refractivity contribution in [3.63, 3.8) is 0 Å². The van der Waals surface area contributed by atoms with Crippen LogP contribution in [0.4, 0.5) is 20.2 Å². The third-order valence-electron chi connectivity index (χ3n) is 5.60. The number of hydrogen-bond donors (Lipinski definition) is 0. The van der Waals surface area contributed by atoms with Gasteiger partial charge in [0.1, 0.15) is 11.6 Å². The topological polar surface area (TPSA) is 6.48 Å². The summed E-state index contributed by atoms with van der Waals surface area (Å²) in [5, 5.41) is 1.04. The van der Waals surface area contributed by atoms with Gasteiger partial charge in [-0.05, 0) is 73.8 Å². The van der Waals surface area contributed by atoms with E-state index in [0.717, 1.165) is 48.3 Å². The fourth-order valence-corrected chi connectivity index (χ4v) is 4.80. The van der Waals surface area contributed by atoms with Crippen LogP contribution in [-0.2, 0) is 0 Å². The average Bonchev–Trinajstić information content (AvgIpc) is 2.96. The predicted molar refractivity (Wildman–Crippen MR) is 106 cm³/mol. The number of halogens is 3. The number of alkyl halides is 1. The van der Waals surface area contributed by atoms with Crippen LogP contribution in [0.25, 0.3) is 0 Å². The number of benzene rings is 2. The molecule has 0 bridgehead atoms. The minimum Gasteiger partial charge on any atom is -0.337 e.